The summed E-state index contributed by atoms with van der Waals surface area (Å²) >= 11 is 10.4. The summed E-state index contributed by atoms with van der Waals surface area (Å²) in [5.41, 5.74) is 6.78. The second-order valence-electron chi connectivity index (χ2n) is 3.26. The summed E-state index contributed by atoms with van der Waals surface area (Å²) in [6.45, 7) is 0. The van der Waals surface area contributed by atoms with Gasteiger partial charge < -0.3 is 5.73 Å². The topological polar surface area (TPSA) is 26.0 Å². The Kier molecular flexibility index (Phi) is 3.64. The van der Waals surface area contributed by atoms with Gasteiger partial charge in [0, 0.05) is 4.88 Å². The Balaban J connectivity index is 2.41. The van der Waals surface area contributed by atoms with Gasteiger partial charge in [0.2, 0.25) is 0 Å². The molecule has 1 atom stereocenters. The summed E-state index contributed by atoms with van der Waals surface area (Å²) in [4.78, 5) is 0.913. The number of halogens is 3. The zero-order chi connectivity index (χ0) is 11.7. The van der Waals surface area contributed by atoms with E-state index in [2.05, 4.69) is 15.9 Å². The maximum Gasteiger partial charge on any atom is 0.137 e. The second kappa shape index (κ2) is 4.84. The van der Waals surface area contributed by atoms with Crippen molar-refractivity contribution in [2.24, 2.45) is 5.73 Å². The Morgan fingerprint density at radius 1 is 1.31 bits per heavy atom. The summed E-state index contributed by atoms with van der Waals surface area (Å²) in [5.74, 6) is -0.310. The molecule has 0 amide bonds. The third-order valence-electron chi connectivity index (χ3n) is 2.22. The van der Waals surface area contributed by atoms with Crippen LogP contribution in [0.3, 0.4) is 0 Å². The van der Waals surface area contributed by atoms with Gasteiger partial charge in [-0.2, -0.15) is 0 Å². The molecule has 5 heteroatoms. The number of benzene rings is 1. The number of thiophene rings is 1. The van der Waals surface area contributed by atoms with Crippen molar-refractivity contribution >= 4 is 38.9 Å². The monoisotopic (exact) mass is 319 g/mol. The predicted molar refractivity (Wildman–Crippen MR) is 69.5 cm³/mol. The first kappa shape index (κ1) is 12.0. The Labute approximate surface area is 110 Å². The molecule has 0 fully saturated rings. The molecule has 0 saturated carbocycles. The zero-order valence-electron chi connectivity index (χ0n) is 8.08. The molecule has 2 N–H and O–H groups in total. The van der Waals surface area contributed by atoms with E-state index in [0.29, 0.717) is 8.81 Å². The highest BCUT2D eigenvalue weighted by molar-refractivity contribution is 9.10. The Hall–Kier alpha value is -0.420. The average Bonchev–Trinajstić information content (AvgIpc) is 2.68. The first-order valence-corrected chi connectivity index (χ1v) is 6.53. The lowest BCUT2D eigenvalue weighted by molar-refractivity contribution is 0.616. The standard InChI is InChI=1S/C11H8BrClFNS/c12-10-6(2-1-3-7(10)14)11(15)8-4-5-9(13)16-8/h1-5,11H,15H2. The van der Waals surface area contributed by atoms with Gasteiger partial charge in [0.15, 0.2) is 0 Å². The summed E-state index contributed by atoms with van der Waals surface area (Å²) in [5, 5.41) is 0. The van der Waals surface area contributed by atoms with E-state index < -0.39 is 0 Å². The van der Waals surface area contributed by atoms with Crippen LogP contribution in [0.15, 0.2) is 34.8 Å². The van der Waals surface area contributed by atoms with Crippen LogP contribution in [-0.2, 0) is 0 Å². The quantitative estimate of drug-likeness (QED) is 0.874. The van der Waals surface area contributed by atoms with Crippen LogP contribution in [0.2, 0.25) is 4.34 Å². The van der Waals surface area contributed by atoms with Crippen molar-refractivity contribution in [2.45, 2.75) is 6.04 Å². The Bertz CT molecular complexity index is 514. The lowest BCUT2D eigenvalue weighted by Gasteiger charge is -2.12. The van der Waals surface area contributed by atoms with Gasteiger partial charge in [0.25, 0.3) is 0 Å². The number of rotatable bonds is 2. The van der Waals surface area contributed by atoms with E-state index in [1.807, 2.05) is 6.07 Å². The van der Waals surface area contributed by atoms with Gasteiger partial charge in [-0.25, -0.2) is 4.39 Å². The third-order valence-corrected chi connectivity index (χ3v) is 4.37. The van der Waals surface area contributed by atoms with Crippen molar-refractivity contribution in [2.75, 3.05) is 0 Å². The van der Waals surface area contributed by atoms with Crippen molar-refractivity contribution in [1.82, 2.24) is 0 Å². The highest BCUT2D eigenvalue weighted by Crippen LogP contribution is 2.33. The maximum absolute atomic E-state index is 13.3. The van der Waals surface area contributed by atoms with Crippen LogP contribution >= 0.6 is 38.9 Å². The van der Waals surface area contributed by atoms with Crippen LogP contribution in [0, 0.1) is 5.82 Å². The minimum atomic E-state index is -0.359. The molecule has 1 unspecified atom stereocenters. The number of nitrogens with two attached hydrogens (primary N) is 1. The molecule has 84 valence electrons. The number of hydrogen-bond donors (Lipinski definition) is 1. The lowest BCUT2D eigenvalue weighted by atomic mass is 10.1. The van der Waals surface area contributed by atoms with Crippen molar-refractivity contribution < 1.29 is 4.39 Å². The smallest absolute Gasteiger partial charge is 0.137 e. The average molecular weight is 321 g/mol. The van der Waals surface area contributed by atoms with E-state index in [1.54, 1.807) is 18.2 Å². The van der Waals surface area contributed by atoms with Gasteiger partial charge in [-0.15, -0.1) is 11.3 Å². The number of hydrogen-bond acceptors (Lipinski definition) is 2. The minimum Gasteiger partial charge on any atom is -0.320 e. The van der Waals surface area contributed by atoms with Gasteiger partial charge >= 0.3 is 0 Å². The highest BCUT2D eigenvalue weighted by Gasteiger charge is 2.16. The fourth-order valence-corrected chi connectivity index (χ4v) is 3.00. The maximum atomic E-state index is 13.3. The molecule has 2 rings (SSSR count). The van der Waals surface area contributed by atoms with Crippen molar-refractivity contribution in [1.29, 1.82) is 0 Å². The Morgan fingerprint density at radius 3 is 2.69 bits per heavy atom. The summed E-state index contributed by atoms with van der Waals surface area (Å²) in [7, 11) is 0. The van der Waals surface area contributed by atoms with Gasteiger partial charge in [0.05, 0.1) is 14.9 Å². The fraction of sp³-hybridized carbons (Fsp3) is 0.0909. The highest BCUT2D eigenvalue weighted by atomic mass is 79.9. The molecule has 0 aliphatic carbocycles. The SMILES string of the molecule is NC(c1ccc(Cl)s1)c1cccc(F)c1Br. The lowest BCUT2D eigenvalue weighted by Crippen LogP contribution is -2.11. The molecule has 0 aliphatic rings. The van der Waals surface area contributed by atoms with E-state index in [9.17, 15) is 4.39 Å². The molecule has 1 nitrogen and oxygen atoms in total. The van der Waals surface area contributed by atoms with E-state index in [4.69, 9.17) is 17.3 Å². The first-order chi connectivity index (χ1) is 7.59. The molecule has 0 aliphatic heterocycles. The minimum absolute atomic E-state index is 0.310. The first-order valence-electron chi connectivity index (χ1n) is 4.54. The molecular weight excluding hydrogens is 313 g/mol. The van der Waals surface area contributed by atoms with E-state index >= 15 is 0 Å². The molecule has 1 heterocycles. The van der Waals surface area contributed by atoms with Crippen molar-refractivity contribution in [3.8, 4) is 0 Å². The zero-order valence-corrected chi connectivity index (χ0v) is 11.2. The molecule has 1 aromatic carbocycles. The predicted octanol–water partition coefficient (Wildman–Crippen LogP) is 4.35. The molecule has 2 aromatic rings. The fourth-order valence-electron chi connectivity index (χ4n) is 1.41. The van der Waals surface area contributed by atoms with Gasteiger partial charge in [-0.05, 0) is 39.7 Å². The van der Waals surface area contributed by atoms with Crippen LogP contribution in [0.25, 0.3) is 0 Å². The van der Waals surface area contributed by atoms with Crippen LogP contribution < -0.4 is 5.73 Å². The summed E-state index contributed by atoms with van der Waals surface area (Å²) in [6, 6.07) is 8.11. The van der Waals surface area contributed by atoms with Crippen LogP contribution in [0.1, 0.15) is 16.5 Å². The van der Waals surface area contributed by atoms with Gasteiger partial charge in [-0.3, -0.25) is 0 Å². The van der Waals surface area contributed by atoms with Gasteiger partial charge in [-0.1, -0.05) is 23.7 Å². The second-order valence-corrected chi connectivity index (χ2v) is 5.80. The molecule has 0 bridgehead atoms. The molecule has 1 aromatic heterocycles. The van der Waals surface area contributed by atoms with E-state index in [0.717, 1.165) is 10.4 Å². The molecule has 0 spiro atoms. The molecule has 16 heavy (non-hydrogen) atoms. The summed E-state index contributed by atoms with van der Waals surface area (Å²) in [6.07, 6.45) is 0. The van der Waals surface area contributed by atoms with Gasteiger partial charge in [0.1, 0.15) is 5.82 Å². The van der Waals surface area contributed by atoms with E-state index in [1.165, 1.54) is 17.4 Å². The Morgan fingerprint density at radius 2 is 2.06 bits per heavy atom. The largest absolute Gasteiger partial charge is 0.320 e. The van der Waals surface area contributed by atoms with E-state index in [-0.39, 0.29) is 11.9 Å². The molecule has 0 radical (unpaired) electrons. The normalized spacial score (nSPS) is 12.8. The van der Waals surface area contributed by atoms with Crippen LogP contribution in [-0.4, -0.2) is 0 Å². The van der Waals surface area contributed by atoms with Crippen LogP contribution in [0.4, 0.5) is 4.39 Å². The van der Waals surface area contributed by atoms with Crippen LogP contribution in [0.5, 0.6) is 0 Å². The summed E-state index contributed by atoms with van der Waals surface area (Å²) < 4.78 is 14.4. The van der Waals surface area contributed by atoms with Crippen molar-refractivity contribution in [3.05, 3.63) is 55.4 Å². The van der Waals surface area contributed by atoms with Crippen molar-refractivity contribution in [3.63, 3.8) is 0 Å². The molecular formula is C11H8BrClFNS. The third kappa shape index (κ3) is 2.30. The molecule has 0 saturated heterocycles.